The van der Waals surface area contributed by atoms with Crippen molar-refractivity contribution in [1.29, 1.82) is 0 Å². The number of hydrogen-bond donors (Lipinski definition) is 1. The highest BCUT2D eigenvalue weighted by molar-refractivity contribution is 6.05. The zero-order chi connectivity index (χ0) is 22.0. The largest absolute Gasteiger partial charge is 0.330 e. The van der Waals surface area contributed by atoms with Crippen molar-refractivity contribution in [2.75, 3.05) is 5.32 Å². The first-order chi connectivity index (χ1) is 14.9. The van der Waals surface area contributed by atoms with Crippen LogP contribution in [0.3, 0.4) is 0 Å². The normalized spacial score (nSPS) is 11.1. The van der Waals surface area contributed by atoms with Crippen LogP contribution in [0.2, 0.25) is 0 Å². The summed E-state index contributed by atoms with van der Waals surface area (Å²) < 4.78 is 16.9. The predicted octanol–water partition coefficient (Wildman–Crippen LogP) is 4.94. The molecule has 31 heavy (non-hydrogen) atoms. The van der Waals surface area contributed by atoms with Gasteiger partial charge in [0, 0.05) is 30.5 Å². The molecular formula is C24H24FN5O. The molecule has 2 aromatic carbocycles. The van der Waals surface area contributed by atoms with Crippen LogP contribution in [-0.2, 0) is 6.54 Å². The number of nitrogens with one attached hydrogen (secondary N) is 1. The Balaban J connectivity index is 1.51. The number of nitrogens with zero attached hydrogens (tertiary/aromatic N) is 4. The number of carbonyl (C=O) groups is 1. The Bertz CT molecular complexity index is 1210. The van der Waals surface area contributed by atoms with Crippen LogP contribution in [0.1, 0.15) is 47.2 Å². The van der Waals surface area contributed by atoms with Gasteiger partial charge in [0.25, 0.3) is 5.91 Å². The summed E-state index contributed by atoms with van der Waals surface area (Å²) in [6, 6.07) is 13.8. The van der Waals surface area contributed by atoms with Crippen LogP contribution in [0.15, 0.2) is 67.1 Å². The van der Waals surface area contributed by atoms with Gasteiger partial charge < -0.3 is 9.88 Å². The van der Waals surface area contributed by atoms with E-state index >= 15 is 0 Å². The number of hydrogen-bond acceptors (Lipinski definition) is 3. The Morgan fingerprint density at radius 2 is 1.94 bits per heavy atom. The molecule has 0 spiro atoms. The van der Waals surface area contributed by atoms with E-state index in [1.165, 1.54) is 18.3 Å². The lowest BCUT2D eigenvalue weighted by molar-refractivity contribution is 0.102. The smallest absolute Gasteiger partial charge is 0.259 e. The predicted molar refractivity (Wildman–Crippen MR) is 118 cm³/mol. The Kier molecular flexibility index (Phi) is 5.66. The van der Waals surface area contributed by atoms with Crippen LogP contribution >= 0.6 is 0 Å². The molecule has 0 aliphatic carbocycles. The standard InChI is InChI=1S/C24H24FN5O/c1-16(2)23-26-11-12-29(23)15-18-5-4-6-20(13-18)28-24(31)22-14-27-30(17(22)3)21-9-7-19(25)8-10-21/h4-14,16H,15H2,1-3H3,(H,28,31). The van der Waals surface area contributed by atoms with Crippen molar-refractivity contribution < 1.29 is 9.18 Å². The van der Waals surface area contributed by atoms with E-state index in [4.69, 9.17) is 0 Å². The van der Waals surface area contributed by atoms with Gasteiger partial charge in [0.1, 0.15) is 11.6 Å². The summed E-state index contributed by atoms with van der Waals surface area (Å²) in [5.41, 5.74) is 3.62. The SMILES string of the molecule is Cc1c(C(=O)Nc2cccc(Cn3ccnc3C(C)C)c2)cnn1-c1ccc(F)cc1. The highest BCUT2D eigenvalue weighted by atomic mass is 19.1. The maximum atomic E-state index is 13.2. The Hall–Kier alpha value is -3.74. The van der Waals surface area contributed by atoms with Gasteiger partial charge in [0.05, 0.1) is 23.1 Å². The lowest BCUT2D eigenvalue weighted by Gasteiger charge is -2.12. The van der Waals surface area contributed by atoms with Gasteiger partial charge in [0.15, 0.2) is 0 Å². The second kappa shape index (κ2) is 8.55. The lowest BCUT2D eigenvalue weighted by atomic mass is 10.1. The van der Waals surface area contributed by atoms with Crippen molar-refractivity contribution in [2.45, 2.75) is 33.2 Å². The number of imidazole rings is 1. The third-order valence-corrected chi connectivity index (χ3v) is 5.13. The average molecular weight is 417 g/mol. The van der Waals surface area contributed by atoms with E-state index < -0.39 is 0 Å². The Morgan fingerprint density at radius 1 is 1.16 bits per heavy atom. The summed E-state index contributed by atoms with van der Waals surface area (Å²) in [5.74, 6) is 0.799. The Labute approximate surface area is 180 Å². The molecule has 0 fully saturated rings. The first-order valence-corrected chi connectivity index (χ1v) is 10.1. The third kappa shape index (κ3) is 4.40. The Morgan fingerprint density at radius 3 is 2.68 bits per heavy atom. The van der Waals surface area contributed by atoms with Crippen molar-refractivity contribution >= 4 is 11.6 Å². The number of anilines is 1. The van der Waals surface area contributed by atoms with Gasteiger partial charge in [0.2, 0.25) is 0 Å². The fraction of sp³-hybridized carbons (Fsp3) is 0.208. The third-order valence-electron chi connectivity index (χ3n) is 5.13. The molecule has 0 saturated heterocycles. The molecule has 4 aromatic rings. The van der Waals surface area contributed by atoms with Crippen molar-refractivity contribution in [3.05, 3.63) is 95.6 Å². The second-order valence-corrected chi connectivity index (χ2v) is 7.75. The van der Waals surface area contributed by atoms with Crippen molar-refractivity contribution in [1.82, 2.24) is 19.3 Å². The minimum Gasteiger partial charge on any atom is -0.330 e. The van der Waals surface area contributed by atoms with E-state index in [0.29, 0.717) is 35.1 Å². The fourth-order valence-corrected chi connectivity index (χ4v) is 3.57. The summed E-state index contributed by atoms with van der Waals surface area (Å²) >= 11 is 0. The number of halogens is 1. The first kappa shape index (κ1) is 20.5. The summed E-state index contributed by atoms with van der Waals surface area (Å²) in [5, 5.41) is 7.25. The van der Waals surface area contributed by atoms with Gasteiger partial charge in [-0.25, -0.2) is 14.1 Å². The van der Waals surface area contributed by atoms with Gasteiger partial charge in [-0.1, -0.05) is 26.0 Å². The number of benzene rings is 2. The molecule has 158 valence electrons. The lowest BCUT2D eigenvalue weighted by Crippen LogP contribution is -2.13. The number of aromatic nitrogens is 4. The van der Waals surface area contributed by atoms with Crippen LogP contribution in [0, 0.1) is 12.7 Å². The zero-order valence-corrected chi connectivity index (χ0v) is 17.7. The molecule has 4 rings (SSSR count). The molecule has 0 saturated carbocycles. The minimum atomic E-state index is -0.317. The van der Waals surface area contributed by atoms with Crippen LogP contribution in [-0.4, -0.2) is 25.2 Å². The molecule has 0 bridgehead atoms. The van der Waals surface area contributed by atoms with E-state index in [-0.39, 0.29) is 11.7 Å². The maximum Gasteiger partial charge on any atom is 0.259 e. The van der Waals surface area contributed by atoms with Gasteiger partial charge in [-0.15, -0.1) is 0 Å². The van der Waals surface area contributed by atoms with Crippen LogP contribution in [0.25, 0.3) is 5.69 Å². The number of rotatable bonds is 6. The molecule has 1 N–H and O–H groups in total. The van der Waals surface area contributed by atoms with Crippen molar-refractivity contribution in [3.8, 4) is 5.69 Å². The monoisotopic (exact) mass is 417 g/mol. The molecule has 2 heterocycles. The summed E-state index contributed by atoms with van der Waals surface area (Å²) in [6.45, 7) is 6.72. The van der Waals surface area contributed by atoms with Gasteiger partial charge >= 0.3 is 0 Å². The zero-order valence-electron chi connectivity index (χ0n) is 17.7. The first-order valence-electron chi connectivity index (χ1n) is 10.1. The second-order valence-electron chi connectivity index (χ2n) is 7.75. The average Bonchev–Trinajstić information content (AvgIpc) is 3.35. The van der Waals surface area contributed by atoms with Crippen LogP contribution in [0.5, 0.6) is 0 Å². The van der Waals surface area contributed by atoms with Gasteiger partial charge in [-0.2, -0.15) is 5.10 Å². The number of amides is 1. The van der Waals surface area contributed by atoms with E-state index in [9.17, 15) is 9.18 Å². The van der Waals surface area contributed by atoms with Crippen molar-refractivity contribution in [2.24, 2.45) is 0 Å². The van der Waals surface area contributed by atoms with Gasteiger partial charge in [-0.05, 0) is 48.9 Å². The number of carbonyl (C=O) groups excluding carboxylic acids is 1. The molecule has 0 unspecified atom stereocenters. The molecule has 2 aromatic heterocycles. The van der Waals surface area contributed by atoms with Crippen molar-refractivity contribution in [3.63, 3.8) is 0 Å². The molecule has 7 heteroatoms. The summed E-state index contributed by atoms with van der Waals surface area (Å²) in [6.07, 6.45) is 5.30. The van der Waals surface area contributed by atoms with Gasteiger partial charge in [-0.3, -0.25) is 4.79 Å². The fourth-order valence-electron chi connectivity index (χ4n) is 3.57. The van der Waals surface area contributed by atoms with E-state index in [1.807, 2.05) is 43.6 Å². The van der Waals surface area contributed by atoms with Crippen LogP contribution in [0.4, 0.5) is 10.1 Å². The van der Waals surface area contributed by atoms with E-state index in [1.54, 1.807) is 16.8 Å². The minimum absolute atomic E-state index is 0.242. The molecule has 1 amide bonds. The molecule has 6 nitrogen and oxygen atoms in total. The summed E-state index contributed by atoms with van der Waals surface area (Å²) in [4.78, 5) is 17.3. The summed E-state index contributed by atoms with van der Waals surface area (Å²) in [7, 11) is 0. The molecular weight excluding hydrogens is 393 g/mol. The van der Waals surface area contributed by atoms with E-state index in [2.05, 4.69) is 33.8 Å². The van der Waals surface area contributed by atoms with E-state index in [0.717, 1.165) is 11.4 Å². The quantitative estimate of drug-likeness (QED) is 0.483. The topological polar surface area (TPSA) is 64.7 Å². The molecule has 0 aliphatic rings. The highest BCUT2D eigenvalue weighted by Gasteiger charge is 2.16. The highest BCUT2D eigenvalue weighted by Crippen LogP contribution is 2.19. The molecule has 0 radical (unpaired) electrons. The molecule has 0 aliphatic heterocycles. The maximum absolute atomic E-state index is 13.2. The van der Waals surface area contributed by atoms with Crippen LogP contribution < -0.4 is 5.32 Å². The molecule has 0 atom stereocenters.